The van der Waals surface area contributed by atoms with Gasteiger partial charge in [-0.05, 0) is 47.9 Å². The molecule has 9 heteroatoms. The summed E-state index contributed by atoms with van der Waals surface area (Å²) in [4.78, 5) is 34.9. The van der Waals surface area contributed by atoms with Crippen LogP contribution in [0.1, 0.15) is 27.3 Å². The van der Waals surface area contributed by atoms with Gasteiger partial charge in [-0.15, -0.1) is 0 Å². The molecule has 3 N–H and O–H groups in total. The number of nitrogens with one attached hydrogen (secondary N) is 1. The van der Waals surface area contributed by atoms with Crippen LogP contribution in [0.4, 0.5) is 9.18 Å². The van der Waals surface area contributed by atoms with Crippen molar-refractivity contribution >= 4 is 33.8 Å². The lowest BCUT2D eigenvalue weighted by Gasteiger charge is -2.08. The molecule has 8 nitrogen and oxygen atoms in total. The fourth-order valence-corrected chi connectivity index (χ4v) is 4.87. The minimum atomic E-state index is -0.580. The average molecular weight is 519 g/mol. The number of imidazole rings is 1. The van der Waals surface area contributed by atoms with Crippen molar-refractivity contribution in [1.29, 1.82) is 0 Å². The number of amides is 1. The highest BCUT2D eigenvalue weighted by molar-refractivity contribution is 6.17. The quantitative estimate of drug-likeness (QED) is 0.141. The van der Waals surface area contributed by atoms with E-state index >= 15 is 0 Å². The molecule has 0 aliphatic rings. The van der Waals surface area contributed by atoms with E-state index in [-0.39, 0.29) is 11.6 Å². The molecule has 3 aromatic carbocycles. The van der Waals surface area contributed by atoms with Gasteiger partial charge in [-0.25, -0.2) is 20.0 Å². The van der Waals surface area contributed by atoms with E-state index in [1.54, 1.807) is 48.8 Å². The molecule has 192 valence electrons. The first kappa shape index (κ1) is 24.2. The topological polar surface area (TPSA) is 108 Å². The number of nitrogens with two attached hydrogens (primary N) is 1. The first-order chi connectivity index (χ1) is 18.9. The van der Waals surface area contributed by atoms with Crippen molar-refractivity contribution in [2.75, 3.05) is 0 Å². The van der Waals surface area contributed by atoms with Crippen molar-refractivity contribution in [3.63, 3.8) is 0 Å². The highest BCUT2D eigenvalue weighted by Crippen LogP contribution is 2.30. The Morgan fingerprint density at radius 3 is 2.44 bits per heavy atom. The third kappa shape index (κ3) is 4.34. The number of fused-ring (bicyclic) bond motifs is 2. The molecule has 6 aromatic rings. The first-order valence-corrected chi connectivity index (χ1v) is 12.3. The number of hydrazine groups is 1. The molecule has 0 spiro atoms. The van der Waals surface area contributed by atoms with E-state index in [9.17, 15) is 14.0 Å². The van der Waals surface area contributed by atoms with Crippen LogP contribution in [0.15, 0.2) is 91.4 Å². The number of aromatic nitrogens is 4. The number of hydrogen-bond acceptors (Lipinski definition) is 5. The number of ketones is 1. The van der Waals surface area contributed by atoms with Gasteiger partial charge in [0.1, 0.15) is 17.2 Å². The molecular weight excluding hydrogens is 495 g/mol. The van der Waals surface area contributed by atoms with Crippen molar-refractivity contribution in [1.82, 2.24) is 24.5 Å². The molecule has 0 saturated heterocycles. The summed E-state index contributed by atoms with van der Waals surface area (Å²) in [6.45, 7) is 2.55. The number of halogens is 1. The van der Waals surface area contributed by atoms with Gasteiger partial charge < -0.3 is 4.57 Å². The van der Waals surface area contributed by atoms with Crippen molar-refractivity contribution < 1.29 is 14.0 Å². The molecule has 39 heavy (non-hydrogen) atoms. The number of carbonyl (C=O) groups is 2. The van der Waals surface area contributed by atoms with Crippen molar-refractivity contribution in [2.24, 2.45) is 5.84 Å². The summed E-state index contributed by atoms with van der Waals surface area (Å²) in [5.74, 6) is 5.74. The fourth-order valence-electron chi connectivity index (χ4n) is 4.87. The maximum atomic E-state index is 13.6. The number of nitrogen functional groups attached to an aromatic ring is 1. The molecule has 1 amide bonds. The lowest BCUT2D eigenvalue weighted by molar-refractivity contribution is 0.104. The van der Waals surface area contributed by atoms with Crippen molar-refractivity contribution in [3.8, 4) is 11.1 Å². The van der Waals surface area contributed by atoms with Gasteiger partial charge in [-0.2, -0.15) is 0 Å². The minimum absolute atomic E-state index is 0.222. The minimum Gasteiger partial charge on any atom is -0.324 e. The van der Waals surface area contributed by atoms with E-state index in [2.05, 4.69) is 20.0 Å². The van der Waals surface area contributed by atoms with E-state index in [1.807, 2.05) is 31.2 Å². The zero-order valence-electron chi connectivity index (χ0n) is 20.9. The van der Waals surface area contributed by atoms with Crippen LogP contribution in [0.3, 0.4) is 0 Å². The number of hydrogen-bond donors (Lipinski definition) is 2. The van der Waals surface area contributed by atoms with Crippen LogP contribution in [0.25, 0.3) is 33.1 Å². The smallest absolute Gasteiger partial charge is 0.324 e. The largest absolute Gasteiger partial charge is 0.340 e. The Kier molecular flexibility index (Phi) is 5.97. The molecule has 0 aliphatic heterocycles. The lowest BCUT2D eigenvalue weighted by atomic mass is 9.99. The molecule has 0 saturated carbocycles. The van der Waals surface area contributed by atoms with E-state index in [4.69, 9.17) is 5.84 Å². The molecule has 3 heterocycles. The standard InChI is InChI=1S/C30H23FN6O2/c1-18-34-26-15-33-13-12-27(26)36(18)16-19-2-4-21(5-3-19)29(38)25-17-37(30(39)35-32)28-14-22(8-11-24(25)28)20-6-9-23(31)10-7-20/h2-15,17H,16,32H2,1H3,(H,35,39). The summed E-state index contributed by atoms with van der Waals surface area (Å²) in [5, 5.41) is 0.604. The van der Waals surface area contributed by atoms with Crippen LogP contribution >= 0.6 is 0 Å². The number of carbonyl (C=O) groups excluding carboxylic acids is 2. The van der Waals surface area contributed by atoms with Gasteiger partial charge in [0.05, 0.1) is 17.2 Å². The summed E-state index contributed by atoms with van der Waals surface area (Å²) < 4.78 is 16.8. The number of nitrogens with zero attached hydrogens (tertiary/aromatic N) is 4. The zero-order chi connectivity index (χ0) is 27.1. The summed E-state index contributed by atoms with van der Waals surface area (Å²) >= 11 is 0. The number of rotatable bonds is 5. The Bertz CT molecular complexity index is 1870. The van der Waals surface area contributed by atoms with E-state index in [0.717, 1.165) is 33.5 Å². The second-order valence-corrected chi connectivity index (χ2v) is 9.24. The molecule has 3 aromatic heterocycles. The Hall–Kier alpha value is -5.15. The second-order valence-electron chi connectivity index (χ2n) is 9.24. The summed E-state index contributed by atoms with van der Waals surface area (Å²) in [6, 6.07) is 20.2. The molecule has 0 unspecified atom stereocenters. The van der Waals surface area contributed by atoms with Gasteiger partial charge in [0.25, 0.3) is 0 Å². The molecule has 6 rings (SSSR count). The van der Waals surface area contributed by atoms with Gasteiger partial charge in [0.2, 0.25) is 0 Å². The molecule has 0 aliphatic carbocycles. The maximum Gasteiger partial charge on any atom is 0.340 e. The predicted octanol–water partition coefficient (Wildman–Crippen LogP) is 5.21. The Balaban J connectivity index is 1.34. The SMILES string of the molecule is Cc1nc2cnccc2n1Cc1ccc(C(=O)c2cn(C(=O)NN)c3cc(-c4ccc(F)cc4)ccc23)cc1. The van der Waals surface area contributed by atoms with Gasteiger partial charge in [0, 0.05) is 35.5 Å². The monoisotopic (exact) mass is 518 g/mol. The molecule has 0 fully saturated rings. The van der Waals surface area contributed by atoms with Crippen LogP contribution in [0, 0.1) is 12.7 Å². The number of pyridine rings is 1. The third-order valence-corrected chi connectivity index (χ3v) is 6.87. The van der Waals surface area contributed by atoms with Crippen molar-refractivity contribution in [2.45, 2.75) is 13.5 Å². The summed E-state index contributed by atoms with van der Waals surface area (Å²) in [6.07, 6.45) is 4.98. The van der Waals surface area contributed by atoms with Gasteiger partial charge in [0.15, 0.2) is 5.78 Å². The molecule has 0 radical (unpaired) electrons. The van der Waals surface area contributed by atoms with Crippen LogP contribution < -0.4 is 11.3 Å². The second kappa shape index (κ2) is 9.62. The summed E-state index contributed by atoms with van der Waals surface area (Å²) in [5.41, 5.74) is 7.89. The van der Waals surface area contributed by atoms with Crippen molar-refractivity contribution in [3.05, 3.63) is 120 Å². The number of aryl methyl sites for hydroxylation is 1. The highest BCUT2D eigenvalue weighted by Gasteiger charge is 2.20. The van der Waals surface area contributed by atoms with E-state index < -0.39 is 6.03 Å². The fraction of sp³-hybridized carbons (Fsp3) is 0.0667. The van der Waals surface area contributed by atoms with E-state index in [0.29, 0.717) is 28.6 Å². The first-order valence-electron chi connectivity index (χ1n) is 12.3. The molecular formula is C30H23FN6O2. The van der Waals surface area contributed by atoms with Gasteiger partial charge in [-0.3, -0.25) is 19.8 Å². The van der Waals surface area contributed by atoms with Crippen LogP contribution in [-0.4, -0.2) is 30.9 Å². The van der Waals surface area contributed by atoms with Gasteiger partial charge >= 0.3 is 6.03 Å². The van der Waals surface area contributed by atoms with Crippen LogP contribution in [0.2, 0.25) is 0 Å². The van der Waals surface area contributed by atoms with Crippen LogP contribution in [0.5, 0.6) is 0 Å². The highest BCUT2D eigenvalue weighted by atomic mass is 19.1. The average Bonchev–Trinajstić information content (AvgIpc) is 3.50. The van der Waals surface area contributed by atoms with Gasteiger partial charge in [-0.1, -0.05) is 48.5 Å². The maximum absolute atomic E-state index is 13.6. The Labute approximate surface area is 222 Å². The van der Waals surface area contributed by atoms with Crippen LogP contribution in [-0.2, 0) is 6.54 Å². The Morgan fingerprint density at radius 1 is 0.949 bits per heavy atom. The predicted molar refractivity (Wildman–Crippen MR) is 147 cm³/mol. The molecule has 0 atom stereocenters. The zero-order valence-corrected chi connectivity index (χ0v) is 20.9. The lowest BCUT2D eigenvalue weighted by Crippen LogP contribution is -2.33. The van der Waals surface area contributed by atoms with E-state index in [1.165, 1.54) is 22.9 Å². The summed E-state index contributed by atoms with van der Waals surface area (Å²) in [7, 11) is 0. The number of benzene rings is 3. The third-order valence-electron chi connectivity index (χ3n) is 6.87. The normalized spacial score (nSPS) is 11.3. The Morgan fingerprint density at radius 2 is 1.69 bits per heavy atom. The molecule has 0 bridgehead atoms.